The molecule has 1 atom stereocenters. The molecule has 0 aromatic carbocycles. The predicted molar refractivity (Wildman–Crippen MR) is 96.1 cm³/mol. The molecule has 6 nitrogen and oxygen atoms in total. The third-order valence-corrected chi connectivity index (χ3v) is 8.23. The molecular weight excluding hydrogens is 374 g/mol. The first kappa shape index (κ1) is 19.0. The zero-order valence-corrected chi connectivity index (χ0v) is 16.7. The van der Waals surface area contributed by atoms with E-state index in [4.69, 9.17) is 0 Å². The largest absolute Gasteiger partial charge is 0.338 e. The summed E-state index contributed by atoms with van der Waals surface area (Å²) in [5, 5.41) is 8.64. The van der Waals surface area contributed by atoms with Crippen molar-refractivity contribution in [3.63, 3.8) is 0 Å². The lowest BCUT2D eigenvalue weighted by atomic mass is 10.2. The van der Waals surface area contributed by atoms with Crippen LogP contribution in [-0.2, 0) is 14.6 Å². The van der Waals surface area contributed by atoms with E-state index in [-0.39, 0.29) is 29.2 Å². The van der Waals surface area contributed by atoms with Crippen LogP contribution in [0.25, 0.3) is 0 Å². The summed E-state index contributed by atoms with van der Waals surface area (Å²) in [4.78, 5) is 14.1. The van der Waals surface area contributed by atoms with Gasteiger partial charge in [-0.25, -0.2) is 8.42 Å². The number of amides is 1. The molecule has 0 N–H and O–H groups in total. The molecular formula is C13H21N3O3S4. The smallest absolute Gasteiger partial charge is 0.233 e. The van der Waals surface area contributed by atoms with Crippen LogP contribution < -0.4 is 0 Å². The van der Waals surface area contributed by atoms with E-state index in [1.54, 1.807) is 16.7 Å². The first-order chi connectivity index (χ1) is 10.8. The average molecular weight is 396 g/mol. The highest BCUT2D eigenvalue weighted by atomic mass is 32.2. The lowest BCUT2D eigenvalue weighted by molar-refractivity contribution is -0.129. The van der Waals surface area contributed by atoms with Crippen LogP contribution in [0.3, 0.4) is 0 Å². The standard InChI is InChI=1S/C13H21N3O3S4/c1-4-16(10-5-6-23(18,19)8-10)11(17)7-20-12-14-15-13(22-12)21-9(2)3/h9-10H,4-8H2,1-3H3. The van der Waals surface area contributed by atoms with E-state index in [1.807, 2.05) is 6.92 Å². The van der Waals surface area contributed by atoms with Crippen LogP contribution in [0, 0.1) is 0 Å². The molecule has 0 spiro atoms. The van der Waals surface area contributed by atoms with E-state index in [0.29, 0.717) is 18.2 Å². The second-order valence-corrected chi connectivity index (χ2v) is 11.8. The number of sulfone groups is 1. The minimum Gasteiger partial charge on any atom is -0.338 e. The quantitative estimate of drug-likeness (QED) is 0.655. The number of hydrogen-bond acceptors (Lipinski definition) is 8. The number of carbonyl (C=O) groups excluding carboxylic acids is 1. The summed E-state index contributed by atoms with van der Waals surface area (Å²) in [6.07, 6.45) is 0.542. The third kappa shape index (κ3) is 5.61. The first-order valence-corrected chi connectivity index (χ1v) is 11.9. The Balaban J connectivity index is 1.89. The Labute approximate surface area is 149 Å². The summed E-state index contributed by atoms with van der Waals surface area (Å²) in [5.41, 5.74) is 0. The van der Waals surface area contributed by atoms with Gasteiger partial charge in [0.2, 0.25) is 5.91 Å². The molecule has 1 saturated heterocycles. The SMILES string of the molecule is CCN(C(=O)CSc1nnc(SC(C)C)s1)C1CCS(=O)(=O)C1. The number of aromatic nitrogens is 2. The van der Waals surface area contributed by atoms with Gasteiger partial charge in [-0.2, -0.15) is 0 Å². The first-order valence-electron chi connectivity index (χ1n) is 7.43. The van der Waals surface area contributed by atoms with Crippen LogP contribution in [-0.4, -0.2) is 64.5 Å². The van der Waals surface area contributed by atoms with Gasteiger partial charge in [-0.15, -0.1) is 10.2 Å². The molecule has 1 unspecified atom stereocenters. The predicted octanol–water partition coefficient (Wildman–Crippen LogP) is 2.17. The third-order valence-electron chi connectivity index (χ3n) is 3.35. The molecule has 1 aromatic heterocycles. The number of thioether (sulfide) groups is 2. The van der Waals surface area contributed by atoms with Crippen molar-refractivity contribution in [2.45, 2.75) is 47.2 Å². The molecule has 130 valence electrons. The Hall–Kier alpha value is -0.320. The van der Waals surface area contributed by atoms with E-state index in [0.717, 1.165) is 8.68 Å². The summed E-state index contributed by atoms with van der Waals surface area (Å²) < 4.78 is 24.9. The zero-order valence-electron chi connectivity index (χ0n) is 13.4. The van der Waals surface area contributed by atoms with Gasteiger partial charge >= 0.3 is 0 Å². The second-order valence-electron chi connectivity index (χ2n) is 5.53. The van der Waals surface area contributed by atoms with Crippen molar-refractivity contribution in [2.75, 3.05) is 23.8 Å². The van der Waals surface area contributed by atoms with Gasteiger partial charge in [0, 0.05) is 17.8 Å². The molecule has 0 saturated carbocycles. The summed E-state index contributed by atoms with van der Waals surface area (Å²) >= 11 is 4.52. The summed E-state index contributed by atoms with van der Waals surface area (Å²) in [5.74, 6) is 0.505. The molecule has 0 aliphatic carbocycles. The monoisotopic (exact) mass is 395 g/mol. The van der Waals surface area contributed by atoms with E-state index in [1.165, 1.54) is 23.1 Å². The maximum absolute atomic E-state index is 12.4. The Morgan fingerprint density at radius 3 is 2.65 bits per heavy atom. The fourth-order valence-electron chi connectivity index (χ4n) is 2.37. The number of rotatable bonds is 7. The van der Waals surface area contributed by atoms with Crippen molar-refractivity contribution < 1.29 is 13.2 Å². The number of hydrogen-bond donors (Lipinski definition) is 0. The van der Waals surface area contributed by atoms with Gasteiger partial charge < -0.3 is 4.90 Å². The molecule has 23 heavy (non-hydrogen) atoms. The van der Waals surface area contributed by atoms with Crippen molar-refractivity contribution in [3.8, 4) is 0 Å². The van der Waals surface area contributed by atoms with Gasteiger partial charge in [-0.1, -0.05) is 48.7 Å². The fourth-order valence-corrected chi connectivity index (χ4v) is 7.23. The van der Waals surface area contributed by atoms with Gasteiger partial charge in [-0.05, 0) is 13.3 Å². The highest BCUT2D eigenvalue weighted by Gasteiger charge is 2.33. The molecule has 0 radical (unpaired) electrons. The maximum Gasteiger partial charge on any atom is 0.233 e. The summed E-state index contributed by atoms with van der Waals surface area (Å²) in [6, 6.07) is -0.181. The van der Waals surface area contributed by atoms with E-state index < -0.39 is 9.84 Å². The van der Waals surface area contributed by atoms with Crippen LogP contribution in [0.2, 0.25) is 0 Å². The highest BCUT2D eigenvalue weighted by Crippen LogP contribution is 2.31. The van der Waals surface area contributed by atoms with Crippen molar-refractivity contribution >= 4 is 50.6 Å². The van der Waals surface area contributed by atoms with Crippen LogP contribution in [0.1, 0.15) is 27.2 Å². The Morgan fingerprint density at radius 1 is 1.39 bits per heavy atom. The summed E-state index contributed by atoms with van der Waals surface area (Å²) in [7, 11) is -2.98. The van der Waals surface area contributed by atoms with Crippen molar-refractivity contribution in [2.24, 2.45) is 0 Å². The van der Waals surface area contributed by atoms with Crippen LogP contribution in [0.4, 0.5) is 0 Å². The normalized spacial score (nSPS) is 20.1. The number of carbonyl (C=O) groups is 1. The lowest BCUT2D eigenvalue weighted by Crippen LogP contribution is -2.41. The molecule has 2 rings (SSSR count). The minimum atomic E-state index is -2.98. The second kappa shape index (κ2) is 8.17. The topological polar surface area (TPSA) is 80.2 Å². The minimum absolute atomic E-state index is 0.0344. The van der Waals surface area contributed by atoms with Crippen molar-refractivity contribution in [1.82, 2.24) is 15.1 Å². The highest BCUT2D eigenvalue weighted by molar-refractivity contribution is 8.03. The molecule has 1 aliphatic rings. The summed E-state index contributed by atoms with van der Waals surface area (Å²) in [6.45, 7) is 6.61. The Bertz CT molecular complexity index is 645. The lowest BCUT2D eigenvalue weighted by Gasteiger charge is -2.26. The van der Waals surface area contributed by atoms with E-state index in [9.17, 15) is 13.2 Å². The molecule has 2 heterocycles. The number of nitrogens with zero attached hydrogens (tertiary/aromatic N) is 3. The average Bonchev–Trinajstić information content (AvgIpc) is 3.03. The fraction of sp³-hybridized carbons (Fsp3) is 0.769. The Kier molecular flexibility index (Phi) is 6.76. The molecule has 10 heteroatoms. The molecule has 1 amide bonds. The van der Waals surface area contributed by atoms with Gasteiger partial charge in [0.15, 0.2) is 18.5 Å². The van der Waals surface area contributed by atoms with Gasteiger partial charge in [0.1, 0.15) is 0 Å². The van der Waals surface area contributed by atoms with Crippen LogP contribution in [0.15, 0.2) is 8.68 Å². The molecule has 1 aromatic rings. The zero-order chi connectivity index (χ0) is 17.0. The van der Waals surface area contributed by atoms with Crippen LogP contribution >= 0.6 is 34.9 Å². The van der Waals surface area contributed by atoms with Crippen LogP contribution in [0.5, 0.6) is 0 Å². The van der Waals surface area contributed by atoms with E-state index >= 15 is 0 Å². The molecule has 0 bridgehead atoms. The van der Waals surface area contributed by atoms with E-state index in [2.05, 4.69) is 24.0 Å². The van der Waals surface area contributed by atoms with Gasteiger partial charge in [0.05, 0.1) is 17.3 Å². The van der Waals surface area contributed by atoms with Gasteiger partial charge in [-0.3, -0.25) is 4.79 Å². The van der Waals surface area contributed by atoms with Gasteiger partial charge in [0.25, 0.3) is 0 Å². The van der Waals surface area contributed by atoms with Crippen molar-refractivity contribution in [1.29, 1.82) is 0 Å². The van der Waals surface area contributed by atoms with Crippen molar-refractivity contribution in [3.05, 3.63) is 0 Å². The molecule has 1 fully saturated rings. The Morgan fingerprint density at radius 2 is 2.09 bits per heavy atom. The maximum atomic E-state index is 12.4. The molecule has 1 aliphatic heterocycles.